The number of rotatable bonds is 2. The highest BCUT2D eigenvalue weighted by molar-refractivity contribution is 5.52. The first-order valence-corrected chi connectivity index (χ1v) is 5.12. The van der Waals surface area contributed by atoms with Crippen molar-refractivity contribution < 1.29 is 9.13 Å². The van der Waals surface area contributed by atoms with Crippen molar-refractivity contribution in [1.29, 1.82) is 0 Å². The summed E-state index contributed by atoms with van der Waals surface area (Å²) in [5.41, 5.74) is 8.06. The van der Waals surface area contributed by atoms with E-state index in [0.29, 0.717) is 5.56 Å². The zero-order chi connectivity index (χ0) is 11.2. The Hall–Kier alpha value is -1.09. The van der Waals surface area contributed by atoms with Crippen molar-refractivity contribution in [1.82, 2.24) is 0 Å². The minimum atomic E-state index is -0.359. The van der Waals surface area contributed by atoms with Crippen molar-refractivity contribution in [2.45, 2.75) is 32.2 Å². The highest BCUT2D eigenvalue weighted by Crippen LogP contribution is 2.49. The minimum Gasteiger partial charge on any atom is -0.496 e. The van der Waals surface area contributed by atoms with Crippen LogP contribution in [0.25, 0.3) is 0 Å². The molecule has 0 aromatic heterocycles. The Kier molecular flexibility index (Phi) is 2.23. The number of hydrogen-bond donors (Lipinski definition) is 1. The molecule has 1 saturated carbocycles. The molecule has 2 rings (SSSR count). The predicted octanol–water partition coefficient (Wildman–Crippen LogP) is 2.40. The minimum absolute atomic E-state index is 0.194. The maximum atomic E-state index is 13.6. The molecular weight excluding hydrogens is 193 g/mol. The highest BCUT2D eigenvalue weighted by Gasteiger charge is 2.44. The van der Waals surface area contributed by atoms with E-state index in [1.165, 1.54) is 6.07 Å². The van der Waals surface area contributed by atoms with Crippen molar-refractivity contribution in [3.05, 3.63) is 28.6 Å². The molecule has 2 nitrogen and oxygen atoms in total. The smallest absolute Gasteiger partial charge is 0.127 e. The fourth-order valence-corrected chi connectivity index (χ4v) is 2.10. The number of aryl methyl sites for hydroxylation is 1. The van der Waals surface area contributed by atoms with Crippen LogP contribution in [0.5, 0.6) is 5.75 Å². The van der Waals surface area contributed by atoms with Crippen molar-refractivity contribution in [2.24, 2.45) is 5.73 Å². The van der Waals surface area contributed by atoms with E-state index in [1.54, 1.807) is 14.0 Å². The lowest BCUT2D eigenvalue weighted by Crippen LogP contribution is -2.22. The summed E-state index contributed by atoms with van der Waals surface area (Å²) in [6, 6.07) is 1.50. The Bertz CT molecular complexity index is 411. The lowest BCUT2D eigenvalue weighted by molar-refractivity contribution is 0.398. The molecule has 1 aliphatic carbocycles. The molecule has 1 aromatic carbocycles. The lowest BCUT2D eigenvalue weighted by Gasteiger charge is -2.19. The molecule has 0 amide bonds. The normalized spacial score (nSPS) is 17.7. The van der Waals surface area contributed by atoms with Gasteiger partial charge in [-0.3, -0.25) is 0 Å². The quantitative estimate of drug-likeness (QED) is 0.811. The van der Waals surface area contributed by atoms with Gasteiger partial charge in [-0.05, 0) is 43.9 Å². The van der Waals surface area contributed by atoms with E-state index in [1.807, 2.05) is 6.92 Å². The third-order valence-electron chi connectivity index (χ3n) is 3.15. The summed E-state index contributed by atoms with van der Waals surface area (Å²) in [5, 5.41) is 0. The van der Waals surface area contributed by atoms with E-state index in [-0.39, 0.29) is 11.4 Å². The first kappa shape index (κ1) is 10.4. The molecule has 15 heavy (non-hydrogen) atoms. The Balaban J connectivity index is 2.68. The van der Waals surface area contributed by atoms with Crippen LogP contribution < -0.4 is 10.5 Å². The molecule has 0 unspecified atom stereocenters. The van der Waals surface area contributed by atoms with Gasteiger partial charge in [-0.1, -0.05) is 0 Å². The number of benzene rings is 1. The summed E-state index contributed by atoms with van der Waals surface area (Å²) in [6.07, 6.45) is 1.82. The van der Waals surface area contributed by atoms with Gasteiger partial charge in [0, 0.05) is 11.1 Å². The van der Waals surface area contributed by atoms with Gasteiger partial charge < -0.3 is 10.5 Å². The SMILES string of the molecule is COc1c(C)cc(F)c(C)c1C1(N)CC1. The molecule has 2 N–H and O–H groups in total. The average molecular weight is 209 g/mol. The van der Waals surface area contributed by atoms with Gasteiger partial charge in [-0.15, -0.1) is 0 Å². The van der Waals surface area contributed by atoms with Gasteiger partial charge in [0.25, 0.3) is 0 Å². The van der Waals surface area contributed by atoms with Crippen LogP contribution in [0.3, 0.4) is 0 Å². The van der Waals surface area contributed by atoms with Gasteiger partial charge in [-0.25, -0.2) is 4.39 Å². The van der Waals surface area contributed by atoms with E-state index in [0.717, 1.165) is 29.7 Å². The average Bonchev–Trinajstić information content (AvgIpc) is 2.90. The number of methoxy groups -OCH3 is 1. The van der Waals surface area contributed by atoms with Crippen LogP contribution in [-0.2, 0) is 5.54 Å². The standard InChI is InChI=1S/C12H16FNO/c1-7-6-9(13)8(2)10(11(7)15-3)12(14)4-5-12/h6H,4-5,14H2,1-3H3. The molecule has 82 valence electrons. The van der Waals surface area contributed by atoms with Gasteiger partial charge in [0.1, 0.15) is 11.6 Å². The molecule has 0 aliphatic heterocycles. The topological polar surface area (TPSA) is 35.2 Å². The van der Waals surface area contributed by atoms with E-state index in [2.05, 4.69) is 0 Å². The molecule has 0 atom stereocenters. The number of nitrogens with two attached hydrogens (primary N) is 1. The summed E-state index contributed by atoms with van der Waals surface area (Å²) < 4.78 is 18.9. The number of hydrogen-bond acceptors (Lipinski definition) is 2. The summed E-state index contributed by atoms with van der Waals surface area (Å²) in [5.74, 6) is 0.550. The van der Waals surface area contributed by atoms with Crippen LogP contribution in [0.15, 0.2) is 6.07 Å². The van der Waals surface area contributed by atoms with Crippen LogP contribution in [0.1, 0.15) is 29.5 Å². The summed E-state index contributed by atoms with van der Waals surface area (Å²) in [4.78, 5) is 0. The zero-order valence-corrected chi connectivity index (χ0v) is 9.36. The molecule has 3 heteroatoms. The van der Waals surface area contributed by atoms with Crippen molar-refractivity contribution in [2.75, 3.05) is 7.11 Å². The second kappa shape index (κ2) is 3.20. The summed E-state index contributed by atoms with van der Waals surface area (Å²) in [7, 11) is 1.61. The summed E-state index contributed by atoms with van der Waals surface area (Å²) in [6.45, 7) is 3.61. The van der Waals surface area contributed by atoms with Crippen LogP contribution >= 0.6 is 0 Å². The maximum absolute atomic E-state index is 13.6. The zero-order valence-electron chi connectivity index (χ0n) is 9.36. The van der Waals surface area contributed by atoms with Gasteiger partial charge >= 0.3 is 0 Å². The van der Waals surface area contributed by atoms with E-state index < -0.39 is 0 Å². The largest absolute Gasteiger partial charge is 0.496 e. The van der Waals surface area contributed by atoms with E-state index >= 15 is 0 Å². The third-order valence-corrected chi connectivity index (χ3v) is 3.15. The molecule has 1 aliphatic rings. The monoisotopic (exact) mass is 209 g/mol. The fourth-order valence-electron chi connectivity index (χ4n) is 2.10. The van der Waals surface area contributed by atoms with Gasteiger partial charge in [0.15, 0.2) is 0 Å². The van der Waals surface area contributed by atoms with Crippen molar-refractivity contribution in [3.63, 3.8) is 0 Å². The molecular formula is C12H16FNO. The first-order valence-electron chi connectivity index (χ1n) is 5.12. The Labute approximate surface area is 89.2 Å². The Morgan fingerprint density at radius 1 is 1.40 bits per heavy atom. The molecule has 0 heterocycles. The van der Waals surface area contributed by atoms with Crippen LogP contribution in [0.2, 0.25) is 0 Å². The van der Waals surface area contributed by atoms with Gasteiger partial charge in [0.2, 0.25) is 0 Å². The van der Waals surface area contributed by atoms with Crippen molar-refractivity contribution >= 4 is 0 Å². The van der Waals surface area contributed by atoms with E-state index in [4.69, 9.17) is 10.5 Å². The van der Waals surface area contributed by atoms with Crippen LogP contribution in [0, 0.1) is 19.7 Å². The van der Waals surface area contributed by atoms with E-state index in [9.17, 15) is 4.39 Å². The number of halogens is 1. The second-order valence-electron chi connectivity index (χ2n) is 4.36. The second-order valence-corrected chi connectivity index (χ2v) is 4.36. The third kappa shape index (κ3) is 1.51. The fraction of sp³-hybridized carbons (Fsp3) is 0.500. The Morgan fingerprint density at radius 3 is 2.47 bits per heavy atom. The van der Waals surface area contributed by atoms with Crippen LogP contribution in [-0.4, -0.2) is 7.11 Å². The molecule has 1 fully saturated rings. The maximum Gasteiger partial charge on any atom is 0.127 e. The van der Waals surface area contributed by atoms with Crippen LogP contribution in [0.4, 0.5) is 4.39 Å². The lowest BCUT2D eigenvalue weighted by atomic mass is 9.95. The Morgan fingerprint density at radius 2 is 2.00 bits per heavy atom. The molecule has 0 saturated heterocycles. The molecule has 0 bridgehead atoms. The molecule has 1 aromatic rings. The molecule has 0 radical (unpaired) electrons. The van der Waals surface area contributed by atoms with Gasteiger partial charge in [0.05, 0.1) is 7.11 Å². The number of ether oxygens (including phenoxy) is 1. The van der Waals surface area contributed by atoms with Gasteiger partial charge in [-0.2, -0.15) is 0 Å². The predicted molar refractivity (Wildman–Crippen MR) is 57.5 cm³/mol. The molecule has 0 spiro atoms. The highest BCUT2D eigenvalue weighted by atomic mass is 19.1. The first-order chi connectivity index (χ1) is 6.99. The summed E-state index contributed by atoms with van der Waals surface area (Å²) >= 11 is 0. The van der Waals surface area contributed by atoms with Crippen molar-refractivity contribution in [3.8, 4) is 5.75 Å².